The maximum atomic E-state index is 12.4. The van der Waals surface area contributed by atoms with Crippen LogP contribution in [-0.2, 0) is 13.2 Å². The van der Waals surface area contributed by atoms with Crippen LogP contribution in [0.2, 0.25) is 0 Å². The minimum atomic E-state index is -0.723. The van der Waals surface area contributed by atoms with E-state index in [0.29, 0.717) is 18.1 Å². The number of carbonyl (C=O) groups is 2. The molecular weight excluding hydrogens is 416 g/mol. The summed E-state index contributed by atoms with van der Waals surface area (Å²) in [5, 5.41) is 6.62. The number of carbonyl (C=O) groups excluding carboxylic acids is 2. The van der Waals surface area contributed by atoms with Crippen LogP contribution in [0, 0.1) is 0 Å². The van der Waals surface area contributed by atoms with E-state index in [0.717, 1.165) is 4.47 Å². The molecule has 0 bridgehead atoms. The lowest BCUT2D eigenvalue weighted by atomic mass is 10.3. The van der Waals surface area contributed by atoms with Crippen molar-refractivity contribution in [3.05, 3.63) is 64.3 Å². The Labute approximate surface area is 163 Å². The molecule has 0 unspecified atom stereocenters. The van der Waals surface area contributed by atoms with Crippen molar-refractivity contribution in [2.75, 3.05) is 5.32 Å². The Balaban J connectivity index is 1.68. The van der Waals surface area contributed by atoms with Gasteiger partial charge in [0.05, 0.1) is 10.2 Å². The van der Waals surface area contributed by atoms with Gasteiger partial charge in [0.1, 0.15) is 18.1 Å². The first-order valence-electron chi connectivity index (χ1n) is 8.12. The monoisotopic (exact) mass is 432 g/mol. The number of benzene rings is 1. The highest BCUT2D eigenvalue weighted by Gasteiger charge is 2.19. The average molecular weight is 433 g/mol. The van der Waals surface area contributed by atoms with Crippen molar-refractivity contribution in [2.24, 2.45) is 5.73 Å². The minimum Gasteiger partial charge on any atom is -0.484 e. The van der Waals surface area contributed by atoms with Gasteiger partial charge in [-0.25, -0.2) is 0 Å². The summed E-state index contributed by atoms with van der Waals surface area (Å²) in [6.07, 6.45) is 1.54. The Bertz CT molecular complexity index is 979. The molecule has 0 aliphatic carbocycles. The molecule has 0 spiro atoms. The van der Waals surface area contributed by atoms with Crippen LogP contribution in [0.1, 0.15) is 33.7 Å². The van der Waals surface area contributed by atoms with Gasteiger partial charge in [-0.05, 0) is 47.1 Å². The summed E-state index contributed by atoms with van der Waals surface area (Å²) in [7, 11) is 0. The molecular formula is C18H17BrN4O4. The summed E-state index contributed by atoms with van der Waals surface area (Å²) in [6.45, 7) is 2.55. The van der Waals surface area contributed by atoms with Crippen molar-refractivity contribution in [3.8, 4) is 5.75 Å². The number of aryl methyl sites for hydroxylation is 1. The quantitative estimate of drug-likeness (QED) is 0.595. The lowest BCUT2D eigenvalue weighted by molar-refractivity contribution is 0.0992. The summed E-state index contributed by atoms with van der Waals surface area (Å²) < 4.78 is 13.5. The number of nitrogens with two attached hydrogens (primary N) is 1. The Morgan fingerprint density at radius 1 is 1.30 bits per heavy atom. The van der Waals surface area contributed by atoms with E-state index in [9.17, 15) is 9.59 Å². The smallest absolute Gasteiger partial charge is 0.291 e. The van der Waals surface area contributed by atoms with Crippen molar-refractivity contribution < 1.29 is 18.7 Å². The number of anilines is 1. The van der Waals surface area contributed by atoms with Gasteiger partial charge in [-0.2, -0.15) is 5.10 Å². The van der Waals surface area contributed by atoms with Gasteiger partial charge in [-0.1, -0.05) is 12.1 Å². The van der Waals surface area contributed by atoms with E-state index < -0.39 is 11.8 Å². The van der Waals surface area contributed by atoms with Crippen LogP contribution in [0.15, 0.2) is 51.5 Å². The third-order valence-corrected chi connectivity index (χ3v) is 4.31. The zero-order valence-electron chi connectivity index (χ0n) is 14.4. The largest absolute Gasteiger partial charge is 0.484 e. The summed E-state index contributed by atoms with van der Waals surface area (Å²) in [4.78, 5) is 23.9. The van der Waals surface area contributed by atoms with Crippen molar-refractivity contribution >= 4 is 33.4 Å². The fourth-order valence-corrected chi connectivity index (χ4v) is 2.73. The molecule has 0 aliphatic rings. The van der Waals surface area contributed by atoms with Crippen LogP contribution in [0.5, 0.6) is 5.75 Å². The molecule has 27 heavy (non-hydrogen) atoms. The number of primary amides is 1. The number of nitrogens with zero attached hydrogens (tertiary/aromatic N) is 2. The molecule has 0 radical (unpaired) electrons. The first-order valence-corrected chi connectivity index (χ1v) is 8.92. The number of hydrogen-bond donors (Lipinski definition) is 2. The molecule has 0 atom stereocenters. The molecule has 3 rings (SSSR count). The molecule has 0 saturated heterocycles. The highest BCUT2D eigenvalue weighted by atomic mass is 79.9. The summed E-state index contributed by atoms with van der Waals surface area (Å²) >= 11 is 3.40. The van der Waals surface area contributed by atoms with Gasteiger partial charge < -0.3 is 20.2 Å². The number of amides is 2. The second kappa shape index (κ2) is 8.09. The van der Waals surface area contributed by atoms with Crippen molar-refractivity contribution in [3.63, 3.8) is 0 Å². The first-order chi connectivity index (χ1) is 13.0. The molecule has 1 aromatic carbocycles. The van der Waals surface area contributed by atoms with E-state index in [1.807, 2.05) is 31.2 Å². The van der Waals surface area contributed by atoms with Crippen LogP contribution < -0.4 is 15.8 Å². The third kappa shape index (κ3) is 4.37. The minimum absolute atomic E-state index is 0.00533. The second-order valence-corrected chi connectivity index (χ2v) is 6.40. The van der Waals surface area contributed by atoms with Gasteiger partial charge in [0.15, 0.2) is 11.5 Å². The summed E-state index contributed by atoms with van der Waals surface area (Å²) in [6, 6.07) is 10.6. The summed E-state index contributed by atoms with van der Waals surface area (Å²) in [5.74, 6) is -0.00609. The predicted molar refractivity (Wildman–Crippen MR) is 102 cm³/mol. The standard InChI is InChI=1S/C18H17BrN4O4/c1-2-23-9-13(16(22-23)17(20)24)21-18(25)15-8-7-11(27-15)10-26-14-6-4-3-5-12(14)19/h3-9H,2,10H2,1H3,(H2,20,24)(H,21,25). The Morgan fingerprint density at radius 2 is 2.07 bits per heavy atom. The molecule has 3 N–H and O–H groups in total. The number of aromatic nitrogens is 2. The molecule has 2 amide bonds. The van der Waals surface area contributed by atoms with Crippen LogP contribution in [0.3, 0.4) is 0 Å². The Morgan fingerprint density at radius 3 is 2.78 bits per heavy atom. The molecule has 8 nitrogen and oxygen atoms in total. The average Bonchev–Trinajstić information content (AvgIpc) is 3.28. The number of halogens is 1. The fourth-order valence-electron chi connectivity index (χ4n) is 2.33. The van der Waals surface area contributed by atoms with Gasteiger partial charge in [-0.3, -0.25) is 14.3 Å². The Hall–Kier alpha value is -3.07. The highest BCUT2D eigenvalue weighted by molar-refractivity contribution is 9.10. The molecule has 3 aromatic rings. The number of nitrogens with one attached hydrogen (secondary N) is 1. The van der Waals surface area contributed by atoms with Gasteiger partial charge in [0.25, 0.3) is 11.8 Å². The van der Waals surface area contributed by atoms with Gasteiger partial charge >= 0.3 is 0 Å². The number of furan rings is 1. The third-order valence-electron chi connectivity index (χ3n) is 3.66. The number of hydrogen-bond acceptors (Lipinski definition) is 5. The lowest BCUT2D eigenvalue weighted by Crippen LogP contribution is -2.17. The van der Waals surface area contributed by atoms with E-state index in [1.54, 1.807) is 6.07 Å². The zero-order chi connectivity index (χ0) is 19.4. The van der Waals surface area contributed by atoms with E-state index in [-0.39, 0.29) is 23.7 Å². The number of ether oxygens (including phenoxy) is 1. The predicted octanol–water partition coefficient (Wildman–Crippen LogP) is 3.19. The van der Waals surface area contributed by atoms with Crippen LogP contribution in [0.25, 0.3) is 0 Å². The molecule has 2 aromatic heterocycles. The highest BCUT2D eigenvalue weighted by Crippen LogP contribution is 2.25. The van der Waals surface area contributed by atoms with Crippen LogP contribution in [0.4, 0.5) is 5.69 Å². The van der Waals surface area contributed by atoms with E-state index in [2.05, 4.69) is 26.3 Å². The SMILES string of the molecule is CCn1cc(NC(=O)c2ccc(COc3ccccc3Br)o2)c(C(N)=O)n1. The fraction of sp³-hybridized carbons (Fsp3) is 0.167. The molecule has 0 saturated carbocycles. The topological polar surface area (TPSA) is 112 Å². The summed E-state index contributed by atoms with van der Waals surface area (Å²) in [5.41, 5.74) is 5.53. The van der Waals surface area contributed by atoms with Crippen LogP contribution in [-0.4, -0.2) is 21.6 Å². The molecule has 0 fully saturated rings. The molecule has 9 heteroatoms. The second-order valence-electron chi connectivity index (χ2n) is 5.55. The van der Waals surface area contributed by atoms with Crippen molar-refractivity contribution in [1.82, 2.24) is 9.78 Å². The van der Waals surface area contributed by atoms with E-state index >= 15 is 0 Å². The lowest BCUT2D eigenvalue weighted by Gasteiger charge is -2.06. The van der Waals surface area contributed by atoms with E-state index in [4.69, 9.17) is 14.9 Å². The Kier molecular flexibility index (Phi) is 5.60. The first kappa shape index (κ1) is 18.7. The van der Waals surface area contributed by atoms with Gasteiger partial charge in [0.2, 0.25) is 0 Å². The molecule has 140 valence electrons. The van der Waals surface area contributed by atoms with Gasteiger partial charge in [-0.15, -0.1) is 0 Å². The number of para-hydroxylation sites is 1. The molecule has 0 aliphatic heterocycles. The molecule has 2 heterocycles. The van der Waals surface area contributed by atoms with E-state index in [1.165, 1.54) is 16.9 Å². The van der Waals surface area contributed by atoms with Crippen molar-refractivity contribution in [2.45, 2.75) is 20.1 Å². The maximum absolute atomic E-state index is 12.4. The van der Waals surface area contributed by atoms with Gasteiger partial charge in [0, 0.05) is 12.7 Å². The number of rotatable bonds is 7. The van der Waals surface area contributed by atoms with Crippen molar-refractivity contribution in [1.29, 1.82) is 0 Å². The maximum Gasteiger partial charge on any atom is 0.291 e. The normalized spacial score (nSPS) is 10.6. The van der Waals surface area contributed by atoms with Crippen LogP contribution >= 0.6 is 15.9 Å². The zero-order valence-corrected chi connectivity index (χ0v) is 16.0.